The van der Waals surface area contributed by atoms with Gasteiger partial charge < -0.3 is 9.15 Å². The summed E-state index contributed by atoms with van der Waals surface area (Å²) in [6.07, 6.45) is 0. The van der Waals surface area contributed by atoms with Gasteiger partial charge in [0.05, 0.1) is 11.1 Å². The molecule has 1 unspecified atom stereocenters. The summed E-state index contributed by atoms with van der Waals surface area (Å²) in [5, 5.41) is 2.96. The lowest BCUT2D eigenvalue weighted by Gasteiger charge is -2.32. The molecule has 1 aromatic heterocycles. The van der Waals surface area contributed by atoms with Crippen LogP contribution in [0.15, 0.2) is 59.0 Å². The Bertz CT molecular complexity index is 1240. The minimum Gasteiger partial charge on any atom is -0.460 e. The summed E-state index contributed by atoms with van der Waals surface area (Å²) in [5.41, 5.74) is 3.82. The number of hydrogen-bond donors (Lipinski definition) is 1. The molecule has 1 aliphatic heterocycles. The second kappa shape index (κ2) is 6.75. The highest BCUT2D eigenvalue weighted by atomic mass is 16.5. The van der Waals surface area contributed by atoms with E-state index in [0.29, 0.717) is 18.1 Å². The number of fused-ring (bicyclic) bond motifs is 6. The van der Waals surface area contributed by atoms with Gasteiger partial charge in [-0.3, -0.25) is 9.69 Å². The second-order valence-electron chi connectivity index (χ2n) is 7.90. The fourth-order valence-electron chi connectivity index (χ4n) is 4.63. The predicted molar refractivity (Wildman–Crippen MR) is 113 cm³/mol. The molecule has 0 aliphatic carbocycles. The third-order valence-corrected chi connectivity index (χ3v) is 6.15. The van der Waals surface area contributed by atoms with Crippen molar-refractivity contribution >= 4 is 27.5 Å². The number of rotatable bonds is 3. The highest BCUT2D eigenvalue weighted by Gasteiger charge is 2.32. The Hall–Kier alpha value is -3.11. The van der Waals surface area contributed by atoms with Crippen molar-refractivity contribution in [2.75, 3.05) is 6.73 Å². The lowest BCUT2D eigenvalue weighted by atomic mass is 9.95. The Labute approximate surface area is 169 Å². The van der Waals surface area contributed by atoms with Crippen molar-refractivity contribution in [3.63, 3.8) is 0 Å². The number of quaternary nitrogens is 1. The lowest BCUT2D eigenvalue weighted by molar-refractivity contribution is -0.960. The molecule has 0 radical (unpaired) electrons. The van der Waals surface area contributed by atoms with E-state index in [9.17, 15) is 4.79 Å². The van der Waals surface area contributed by atoms with E-state index in [2.05, 4.69) is 37.3 Å². The third-order valence-electron chi connectivity index (χ3n) is 6.15. The molecule has 2 atom stereocenters. The van der Waals surface area contributed by atoms with E-state index in [-0.39, 0.29) is 11.8 Å². The molecule has 0 amide bonds. The summed E-state index contributed by atoms with van der Waals surface area (Å²) in [6, 6.07) is 18.9. The average Bonchev–Trinajstić information content (AvgIpc) is 3.11. The molecule has 0 spiro atoms. The third kappa shape index (κ3) is 2.75. The number of benzene rings is 3. The molecule has 4 nitrogen and oxygen atoms in total. The zero-order valence-corrected chi connectivity index (χ0v) is 16.9. The molecule has 0 saturated carbocycles. The molecular formula is C25H24NO3+. The summed E-state index contributed by atoms with van der Waals surface area (Å²) in [7, 11) is 0. The molecule has 4 heteroatoms. The smallest absolute Gasteiger partial charge is 0.223 e. The summed E-state index contributed by atoms with van der Waals surface area (Å²) in [5.74, 6) is 1.59. The molecule has 3 aromatic carbocycles. The number of furan rings is 1. The Morgan fingerprint density at radius 1 is 1.03 bits per heavy atom. The summed E-state index contributed by atoms with van der Waals surface area (Å²) < 4.78 is 12.5. The van der Waals surface area contributed by atoms with Crippen LogP contribution in [0.3, 0.4) is 0 Å². The van der Waals surface area contributed by atoms with Crippen molar-refractivity contribution in [1.29, 1.82) is 0 Å². The minimum absolute atomic E-state index is 0.0296. The molecular weight excluding hydrogens is 362 g/mol. The van der Waals surface area contributed by atoms with Crippen LogP contribution in [0.25, 0.3) is 21.7 Å². The van der Waals surface area contributed by atoms with E-state index >= 15 is 0 Å². The quantitative estimate of drug-likeness (QED) is 0.524. The van der Waals surface area contributed by atoms with Crippen LogP contribution in [0.4, 0.5) is 0 Å². The second-order valence-corrected chi connectivity index (χ2v) is 7.90. The number of nitrogens with one attached hydrogen (secondary N) is 1. The number of carbonyl (C=O) groups excluding carboxylic acids is 1. The normalized spacial score (nSPS) is 17.1. The zero-order valence-electron chi connectivity index (χ0n) is 16.9. The Kier molecular flexibility index (Phi) is 4.18. The highest BCUT2D eigenvalue weighted by molar-refractivity contribution is 6.17. The number of ether oxygens (including phenoxy) is 1. The lowest BCUT2D eigenvalue weighted by Crippen LogP contribution is -3.12. The van der Waals surface area contributed by atoms with E-state index in [0.717, 1.165) is 39.6 Å². The summed E-state index contributed by atoms with van der Waals surface area (Å²) in [4.78, 5) is 13.8. The van der Waals surface area contributed by atoms with Gasteiger partial charge >= 0.3 is 0 Å². The number of aryl methyl sites for hydroxylation is 1. The van der Waals surface area contributed by atoms with Crippen molar-refractivity contribution in [1.82, 2.24) is 0 Å². The first kappa shape index (κ1) is 18.0. The first-order chi connectivity index (χ1) is 14.1. The van der Waals surface area contributed by atoms with Gasteiger partial charge in [-0.2, -0.15) is 0 Å². The van der Waals surface area contributed by atoms with Gasteiger partial charge in [0.1, 0.15) is 29.7 Å². The van der Waals surface area contributed by atoms with Crippen LogP contribution >= 0.6 is 0 Å². The van der Waals surface area contributed by atoms with Crippen LogP contribution in [0.2, 0.25) is 0 Å². The fourth-order valence-corrected chi connectivity index (χ4v) is 4.63. The maximum absolute atomic E-state index is 12.5. The van der Waals surface area contributed by atoms with Gasteiger partial charge in [0, 0.05) is 21.7 Å². The zero-order chi connectivity index (χ0) is 20.1. The van der Waals surface area contributed by atoms with Gasteiger partial charge in [-0.05, 0) is 20.8 Å². The maximum atomic E-state index is 12.5. The standard InChI is InChI=1S/C25H23NO3/c1-15(18-9-5-4-6-10-18)26-13-21-23-22(16(2)27)17(3)29-25(23)20-12-8-7-11-19(20)24(21)28-14-26/h4-12,15H,13-14H2,1-3H3/p+1/t15-/m1/s1. The van der Waals surface area contributed by atoms with Gasteiger partial charge in [0.15, 0.2) is 5.78 Å². The predicted octanol–water partition coefficient (Wildman–Crippen LogP) is 4.59. The van der Waals surface area contributed by atoms with E-state index in [1.807, 2.05) is 31.2 Å². The number of carbonyl (C=O) groups is 1. The first-order valence-electron chi connectivity index (χ1n) is 10.1. The molecule has 29 heavy (non-hydrogen) atoms. The van der Waals surface area contributed by atoms with Gasteiger partial charge in [-0.25, -0.2) is 0 Å². The summed E-state index contributed by atoms with van der Waals surface area (Å²) in [6.45, 7) is 7.08. The Balaban J connectivity index is 1.73. The van der Waals surface area contributed by atoms with Gasteiger partial charge in [0.25, 0.3) is 0 Å². The van der Waals surface area contributed by atoms with Crippen molar-refractivity contribution in [3.05, 3.63) is 77.0 Å². The van der Waals surface area contributed by atoms with Gasteiger partial charge in [-0.1, -0.05) is 54.6 Å². The molecule has 2 heterocycles. The van der Waals surface area contributed by atoms with Crippen LogP contribution < -0.4 is 9.64 Å². The van der Waals surface area contributed by atoms with E-state index in [1.54, 1.807) is 6.92 Å². The van der Waals surface area contributed by atoms with Crippen LogP contribution in [-0.2, 0) is 6.54 Å². The maximum Gasteiger partial charge on any atom is 0.223 e. The first-order valence-corrected chi connectivity index (χ1v) is 10.1. The van der Waals surface area contributed by atoms with E-state index in [1.165, 1.54) is 10.5 Å². The van der Waals surface area contributed by atoms with Crippen LogP contribution in [0, 0.1) is 6.92 Å². The number of Topliss-reactive ketones (excluding diaryl/α,β-unsaturated/α-hetero) is 1. The van der Waals surface area contributed by atoms with Gasteiger partial charge in [-0.15, -0.1) is 0 Å². The molecule has 1 aliphatic rings. The molecule has 0 fully saturated rings. The monoisotopic (exact) mass is 386 g/mol. The molecule has 0 saturated heterocycles. The van der Waals surface area contributed by atoms with E-state index < -0.39 is 0 Å². The van der Waals surface area contributed by atoms with Crippen molar-refractivity contribution in [2.45, 2.75) is 33.4 Å². The number of hydrogen-bond acceptors (Lipinski definition) is 3. The highest BCUT2D eigenvalue weighted by Crippen LogP contribution is 2.42. The van der Waals surface area contributed by atoms with Crippen LogP contribution in [-0.4, -0.2) is 12.5 Å². The van der Waals surface area contributed by atoms with Crippen molar-refractivity contribution < 1.29 is 18.8 Å². The van der Waals surface area contributed by atoms with E-state index in [4.69, 9.17) is 9.15 Å². The van der Waals surface area contributed by atoms with Crippen LogP contribution in [0.5, 0.6) is 5.75 Å². The fraction of sp³-hybridized carbons (Fsp3) is 0.240. The minimum atomic E-state index is 0.0296. The average molecular weight is 386 g/mol. The SMILES string of the molecule is CC(=O)c1c(C)oc2c1c1c(c3ccccc32)OC[NH+]([C@H](C)c2ccccc2)C1. The molecule has 146 valence electrons. The molecule has 0 bridgehead atoms. The molecule has 4 aromatic rings. The largest absolute Gasteiger partial charge is 0.460 e. The molecule has 1 N–H and O–H groups in total. The van der Waals surface area contributed by atoms with Crippen molar-refractivity contribution in [2.24, 2.45) is 0 Å². The number of ketones is 1. The Morgan fingerprint density at radius 2 is 1.72 bits per heavy atom. The van der Waals surface area contributed by atoms with Crippen molar-refractivity contribution in [3.8, 4) is 5.75 Å². The van der Waals surface area contributed by atoms with Gasteiger partial charge in [0.2, 0.25) is 6.73 Å². The molecule has 5 rings (SSSR count). The topological polar surface area (TPSA) is 43.9 Å². The Morgan fingerprint density at radius 3 is 2.45 bits per heavy atom. The summed E-state index contributed by atoms with van der Waals surface area (Å²) >= 11 is 0. The van der Waals surface area contributed by atoms with Crippen LogP contribution in [0.1, 0.15) is 47.1 Å².